The molecular formula is C19H20N+. The summed E-state index contributed by atoms with van der Waals surface area (Å²) in [6.45, 7) is 2.37. The molecule has 1 atom stereocenters. The van der Waals surface area contributed by atoms with Crippen LogP contribution in [0.3, 0.4) is 0 Å². The van der Waals surface area contributed by atoms with E-state index >= 15 is 0 Å². The van der Waals surface area contributed by atoms with Gasteiger partial charge in [0.1, 0.15) is 0 Å². The Kier molecular flexibility index (Phi) is 2.73. The third kappa shape index (κ3) is 1.73. The minimum atomic E-state index is 0.610. The maximum Gasteiger partial charge on any atom is 0.212 e. The van der Waals surface area contributed by atoms with Crippen molar-refractivity contribution >= 4 is 11.4 Å². The Hall–Kier alpha value is -1.89. The largest absolute Gasteiger partial charge is 0.212 e. The van der Waals surface area contributed by atoms with E-state index in [0.29, 0.717) is 6.04 Å². The third-order valence-electron chi connectivity index (χ3n) is 4.75. The van der Waals surface area contributed by atoms with Crippen LogP contribution >= 0.6 is 0 Å². The summed E-state index contributed by atoms with van der Waals surface area (Å²) in [6, 6.07) is 18.4. The molecule has 4 rings (SSSR count). The van der Waals surface area contributed by atoms with Gasteiger partial charge in [-0.15, -0.1) is 0 Å². The number of hydrogen-bond donors (Lipinski definition) is 0. The van der Waals surface area contributed by atoms with Crippen molar-refractivity contribution in [2.75, 3.05) is 0 Å². The Labute approximate surface area is 120 Å². The summed E-state index contributed by atoms with van der Waals surface area (Å²) < 4.78 is 2.62. The van der Waals surface area contributed by atoms with E-state index in [9.17, 15) is 0 Å². The molecule has 1 heteroatoms. The van der Waals surface area contributed by atoms with Crippen LogP contribution in [0.25, 0.3) is 0 Å². The van der Waals surface area contributed by atoms with E-state index in [1.165, 1.54) is 47.4 Å². The topological polar surface area (TPSA) is 3.01 Å². The molecule has 2 aliphatic rings. The zero-order valence-electron chi connectivity index (χ0n) is 12.0. The van der Waals surface area contributed by atoms with Crippen molar-refractivity contribution in [3.05, 3.63) is 65.2 Å². The van der Waals surface area contributed by atoms with E-state index in [0.717, 1.165) is 6.42 Å². The number of aryl methyl sites for hydroxylation is 2. The smallest absolute Gasteiger partial charge is 0.193 e. The summed E-state index contributed by atoms with van der Waals surface area (Å²) in [5.41, 5.74) is 7.48. The summed E-state index contributed by atoms with van der Waals surface area (Å²) in [5, 5.41) is 0. The molecule has 0 N–H and O–H groups in total. The molecule has 2 aromatic rings. The van der Waals surface area contributed by atoms with Gasteiger partial charge in [0, 0.05) is 29.5 Å². The Bertz CT molecular complexity index is 682. The summed E-state index contributed by atoms with van der Waals surface area (Å²) in [7, 11) is 0. The summed E-state index contributed by atoms with van der Waals surface area (Å²) >= 11 is 0. The van der Waals surface area contributed by atoms with Gasteiger partial charge in [-0.3, -0.25) is 0 Å². The summed E-state index contributed by atoms with van der Waals surface area (Å²) in [6.07, 6.45) is 4.82. The van der Waals surface area contributed by atoms with Crippen LogP contribution in [0.4, 0.5) is 5.69 Å². The molecule has 0 unspecified atom stereocenters. The Morgan fingerprint density at radius 2 is 1.60 bits per heavy atom. The monoisotopic (exact) mass is 262 g/mol. The quantitative estimate of drug-likeness (QED) is 0.681. The average molecular weight is 262 g/mol. The van der Waals surface area contributed by atoms with Crippen LogP contribution in [-0.2, 0) is 12.8 Å². The minimum absolute atomic E-state index is 0.610. The molecule has 0 spiro atoms. The van der Waals surface area contributed by atoms with Crippen LogP contribution in [0.5, 0.6) is 0 Å². The zero-order chi connectivity index (χ0) is 13.5. The molecule has 20 heavy (non-hydrogen) atoms. The second-order valence-corrected chi connectivity index (χ2v) is 6.00. The van der Waals surface area contributed by atoms with Crippen molar-refractivity contribution in [2.24, 2.45) is 0 Å². The van der Waals surface area contributed by atoms with Crippen molar-refractivity contribution < 1.29 is 4.58 Å². The Morgan fingerprint density at radius 3 is 2.40 bits per heavy atom. The molecule has 2 aromatic carbocycles. The van der Waals surface area contributed by atoms with Gasteiger partial charge < -0.3 is 0 Å². The Balaban J connectivity index is 1.99. The first kappa shape index (κ1) is 11.9. The highest BCUT2D eigenvalue weighted by molar-refractivity contribution is 5.98. The fraction of sp³-hybridized carbons (Fsp3) is 0.316. The minimum Gasteiger partial charge on any atom is -0.193 e. The van der Waals surface area contributed by atoms with Crippen molar-refractivity contribution in [1.29, 1.82) is 0 Å². The van der Waals surface area contributed by atoms with Crippen LogP contribution in [0.1, 0.15) is 36.5 Å². The zero-order valence-corrected chi connectivity index (χ0v) is 12.0. The van der Waals surface area contributed by atoms with Gasteiger partial charge in [0.2, 0.25) is 5.69 Å². The molecule has 0 bridgehead atoms. The number of para-hydroxylation sites is 1. The maximum absolute atomic E-state index is 2.62. The van der Waals surface area contributed by atoms with Crippen LogP contribution in [0.2, 0.25) is 0 Å². The molecule has 100 valence electrons. The summed E-state index contributed by atoms with van der Waals surface area (Å²) in [5.74, 6) is 0. The van der Waals surface area contributed by atoms with E-state index in [4.69, 9.17) is 0 Å². The second kappa shape index (κ2) is 4.59. The normalized spacial score (nSPS) is 20.8. The molecule has 0 amide bonds. The van der Waals surface area contributed by atoms with Crippen molar-refractivity contribution in [3.8, 4) is 0 Å². The first-order valence-electron chi connectivity index (χ1n) is 7.66. The van der Waals surface area contributed by atoms with Crippen LogP contribution in [0, 0.1) is 0 Å². The number of rotatable bonds is 1. The van der Waals surface area contributed by atoms with Crippen LogP contribution in [0.15, 0.2) is 48.5 Å². The highest BCUT2D eigenvalue weighted by Crippen LogP contribution is 2.37. The standard InChI is InChI=1S/C19H20N/c1-14-10-11-16-8-5-9-17-12-13-18(20(14)19(16)17)15-6-3-2-4-7-15/h2-9,14H,10-13H2,1H3/q+1/t14-/m1/s1. The fourth-order valence-electron chi connectivity index (χ4n) is 3.76. The first-order valence-corrected chi connectivity index (χ1v) is 7.66. The van der Waals surface area contributed by atoms with Gasteiger partial charge in [0.15, 0.2) is 11.8 Å². The van der Waals surface area contributed by atoms with Gasteiger partial charge in [-0.1, -0.05) is 36.4 Å². The van der Waals surface area contributed by atoms with Gasteiger partial charge >= 0.3 is 0 Å². The Morgan fingerprint density at radius 1 is 0.850 bits per heavy atom. The van der Waals surface area contributed by atoms with E-state index in [2.05, 4.69) is 60.0 Å². The predicted octanol–water partition coefficient (Wildman–Crippen LogP) is 4.10. The van der Waals surface area contributed by atoms with Gasteiger partial charge in [0.05, 0.1) is 0 Å². The lowest BCUT2D eigenvalue weighted by Gasteiger charge is -2.27. The SMILES string of the molecule is C[C@@H]1CCc2cccc3c2[N+]1=C(c1ccccc1)CC3. The lowest BCUT2D eigenvalue weighted by Crippen LogP contribution is -2.34. The second-order valence-electron chi connectivity index (χ2n) is 6.00. The molecule has 0 aliphatic carbocycles. The first-order chi connectivity index (χ1) is 9.84. The molecule has 0 radical (unpaired) electrons. The van der Waals surface area contributed by atoms with E-state index in [1.54, 1.807) is 0 Å². The van der Waals surface area contributed by atoms with E-state index in [1.807, 2.05) is 0 Å². The van der Waals surface area contributed by atoms with Crippen LogP contribution < -0.4 is 0 Å². The summed E-state index contributed by atoms with van der Waals surface area (Å²) in [4.78, 5) is 0. The van der Waals surface area contributed by atoms with Gasteiger partial charge in [0.25, 0.3) is 0 Å². The average Bonchev–Trinajstić information content (AvgIpc) is 2.52. The van der Waals surface area contributed by atoms with E-state index in [-0.39, 0.29) is 0 Å². The number of benzene rings is 2. The molecule has 0 saturated carbocycles. The molecule has 2 heterocycles. The maximum atomic E-state index is 2.62. The lowest BCUT2D eigenvalue weighted by molar-refractivity contribution is -0.489. The van der Waals surface area contributed by atoms with Gasteiger partial charge in [-0.05, 0) is 31.9 Å². The molecule has 1 nitrogen and oxygen atoms in total. The molecule has 2 aliphatic heterocycles. The molecule has 0 saturated heterocycles. The highest BCUT2D eigenvalue weighted by atomic mass is 15.1. The van der Waals surface area contributed by atoms with E-state index < -0.39 is 0 Å². The van der Waals surface area contributed by atoms with Crippen molar-refractivity contribution in [2.45, 2.75) is 38.6 Å². The molecular weight excluding hydrogens is 242 g/mol. The van der Waals surface area contributed by atoms with Crippen molar-refractivity contribution in [3.63, 3.8) is 0 Å². The number of hydrogen-bond acceptors (Lipinski definition) is 0. The predicted molar refractivity (Wildman–Crippen MR) is 83.0 cm³/mol. The van der Waals surface area contributed by atoms with Gasteiger partial charge in [-0.2, -0.15) is 4.58 Å². The highest BCUT2D eigenvalue weighted by Gasteiger charge is 2.36. The number of nitrogens with zero attached hydrogens (tertiary/aromatic N) is 1. The lowest BCUT2D eigenvalue weighted by atomic mass is 9.88. The fourth-order valence-corrected chi connectivity index (χ4v) is 3.76. The third-order valence-corrected chi connectivity index (χ3v) is 4.75. The molecule has 0 aromatic heterocycles. The molecule has 0 fully saturated rings. The van der Waals surface area contributed by atoms with Crippen LogP contribution in [-0.4, -0.2) is 16.3 Å². The van der Waals surface area contributed by atoms with Gasteiger partial charge in [-0.25, -0.2) is 0 Å². The van der Waals surface area contributed by atoms with Crippen molar-refractivity contribution in [1.82, 2.24) is 0 Å².